The molecule has 1 rings (SSSR count). The second-order valence-electron chi connectivity index (χ2n) is 4.29. The van der Waals surface area contributed by atoms with E-state index in [2.05, 4.69) is 24.1 Å². The largest absolute Gasteiger partial charge is 0.329 e. The molecule has 0 bridgehead atoms. The summed E-state index contributed by atoms with van der Waals surface area (Å²) in [6, 6.07) is 0. The van der Waals surface area contributed by atoms with Gasteiger partial charge in [0.05, 0.1) is 0 Å². The fourth-order valence-electron chi connectivity index (χ4n) is 2.08. The Hall–Kier alpha value is -0.120. The monoisotopic (exact) mass is 199 g/mol. The van der Waals surface area contributed by atoms with Crippen LogP contribution in [0.15, 0.2) is 0 Å². The summed E-state index contributed by atoms with van der Waals surface area (Å²) in [5, 5.41) is 3.61. The third-order valence-electron chi connectivity index (χ3n) is 3.52. The molecule has 84 valence electrons. The lowest BCUT2D eigenvalue weighted by Gasteiger charge is -2.42. The van der Waals surface area contributed by atoms with Gasteiger partial charge in [-0.25, -0.2) is 0 Å². The number of nitrogens with one attached hydrogen (secondary N) is 1. The maximum atomic E-state index is 5.77. The highest BCUT2D eigenvalue weighted by Crippen LogP contribution is 2.30. The van der Waals surface area contributed by atoms with Crippen LogP contribution in [0.1, 0.15) is 33.1 Å². The van der Waals surface area contributed by atoms with Crippen LogP contribution in [0.2, 0.25) is 0 Å². The van der Waals surface area contributed by atoms with Gasteiger partial charge >= 0.3 is 0 Å². The lowest BCUT2D eigenvalue weighted by molar-refractivity contribution is 0.181. The first-order valence-corrected chi connectivity index (χ1v) is 5.94. The Morgan fingerprint density at radius 2 is 1.93 bits per heavy atom. The molecule has 0 radical (unpaired) electrons. The summed E-state index contributed by atoms with van der Waals surface area (Å²) in [5.41, 5.74) is 6.07. The van der Waals surface area contributed by atoms with Crippen LogP contribution in [0.25, 0.3) is 0 Å². The molecule has 1 aliphatic rings. The van der Waals surface area contributed by atoms with Crippen LogP contribution in [0, 0.1) is 0 Å². The molecule has 0 aromatic carbocycles. The summed E-state index contributed by atoms with van der Waals surface area (Å²) in [6.07, 6.45) is 3.87. The molecule has 1 aliphatic carbocycles. The van der Waals surface area contributed by atoms with E-state index in [9.17, 15) is 0 Å². The van der Waals surface area contributed by atoms with Crippen molar-refractivity contribution in [2.75, 3.05) is 32.7 Å². The fraction of sp³-hybridized carbons (Fsp3) is 1.00. The minimum absolute atomic E-state index is 0.299. The van der Waals surface area contributed by atoms with Crippen LogP contribution in [0.4, 0.5) is 0 Å². The molecule has 1 saturated carbocycles. The maximum Gasteiger partial charge on any atom is 0.0304 e. The van der Waals surface area contributed by atoms with E-state index < -0.39 is 0 Å². The minimum atomic E-state index is 0.299. The molecule has 0 saturated heterocycles. The summed E-state index contributed by atoms with van der Waals surface area (Å²) in [5.74, 6) is 0. The highest BCUT2D eigenvalue weighted by molar-refractivity contribution is 4.96. The van der Waals surface area contributed by atoms with Crippen molar-refractivity contribution in [2.24, 2.45) is 5.73 Å². The number of nitrogens with two attached hydrogens (primary N) is 1. The zero-order valence-electron chi connectivity index (χ0n) is 9.68. The Balaban J connectivity index is 2.13. The number of nitrogens with zero attached hydrogens (tertiary/aromatic N) is 1. The first kappa shape index (κ1) is 12.0. The van der Waals surface area contributed by atoms with Gasteiger partial charge in [-0.2, -0.15) is 0 Å². The van der Waals surface area contributed by atoms with Gasteiger partial charge in [0.15, 0.2) is 0 Å². The number of likely N-dealkylation sites (N-methyl/N-ethyl adjacent to an activating group) is 1. The summed E-state index contributed by atoms with van der Waals surface area (Å²) in [4.78, 5) is 2.44. The van der Waals surface area contributed by atoms with E-state index in [4.69, 9.17) is 5.73 Å². The third kappa shape index (κ3) is 2.94. The molecule has 0 amide bonds. The Kier molecular flexibility index (Phi) is 4.85. The standard InChI is InChI=1S/C11H25N3/c1-3-14(4-2)9-8-13-11(10-12)6-5-7-11/h13H,3-10,12H2,1-2H3. The van der Waals surface area contributed by atoms with Gasteiger partial charge in [-0.3, -0.25) is 0 Å². The van der Waals surface area contributed by atoms with E-state index in [1.54, 1.807) is 0 Å². The van der Waals surface area contributed by atoms with Crippen molar-refractivity contribution in [2.45, 2.75) is 38.6 Å². The van der Waals surface area contributed by atoms with Gasteiger partial charge in [0, 0.05) is 25.2 Å². The molecule has 0 atom stereocenters. The SMILES string of the molecule is CCN(CC)CCNC1(CN)CCC1. The average molecular weight is 199 g/mol. The summed E-state index contributed by atoms with van der Waals surface area (Å²) >= 11 is 0. The molecular formula is C11H25N3. The van der Waals surface area contributed by atoms with E-state index in [1.165, 1.54) is 19.3 Å². The van der Waals surface area contributed by atoms with Gasteiger partial charge in [0.2, 0.25) is 0 Å². The molecule has 0 unspecified atom stereocenters. The first-order chi connectivity index (χ1) is 6.76. The third-order valence-corrected chi connectivity index (χ3v) is 3.52. The average Bonchev–Trinajstić information content (AvgIpc) is 2.16. The van der Waals surface area contributed by atoms with Crippen LogP contribution in [-0.4, -0.2) is 43.2 Å². The van der Waals surface area contributed by atoms with Crippen LogP contribution < -0.4 is 11.1 Å². The second kappa shape index (κ2) is 5.69. The second-order valence-corrected chi connectivity index (χ2v) is 4.29. The van der Waals surface area contributed by atoms with Gasteiger partial charge in [0.25, 0.3) is 0 Å². The van der Waals surface area contributed by atoms with Crippen LogP contribution in [-0.2, 0) is 0 Å². The molecule has 3 N–H and O–H groups in total. The van der Waals surface area contributed by atoms with Crippen molar-refractivity contribution in [3.8, 4) is 0 Å². The smallest absolute Gasteiger partial charge is 0.0304 e. The minimum Gasteiger partial charge on any atom is -0.329 e. The Morgan fingerprint density at radius 1 is 1.29 bits per heavy atom. The molecule has 0 aromatic rings. The first-order valence-electron chi connectivity index (χ1n) is 5.94. The van der Waals surface area contributed by atoms with Crippen molar-refractivity contribution in [3.63, 3.8) is 0 Å². The Bertz CT molecular complexity index is 145. The summed E-state index contributed by atoms with van der Waals surface area (Å²) < 4.78 is 0. The van der Waals surface area contributed by atoms with Crippen molar-refractivity contribution >= 4 is 0 Å². The maximum absolute atomic E-state index is 5.77. The van der Waals surface area contributed by atoms with Crippen LogP contribution in [0.5, 0.6) is 0 Å². The van der Waals surface area contributed by atoms with E-state index >= 15 is 0 Å². The zero-order chi connectivity index (χ0) is 10.4. The Labute approximate surface area is 88.0 Å². The van der Waals surface area contributed by atoms with Gasteiger partial charge in [-0.15, -0.1) is 0 Å². The summed E-state index contributed by atoms with van der Waals surface area (Å²) in [7, 11) is 0. The van der Waals surface area contributed by atoms with E-state index in [1.807, 2.05) is 0 Å². The molecular weight excluding hydrogens is 174 g/mol. The zero-order valence-corrected chi connectivity index (χ0v) is 9.68. The van der Waals surface area contributed by atoms with Gasteiger partial charge in [-0.1, -0.05) is 13.8 Å². The lowest BCUT2D eigenvalue weighted by Crippen LogP contribution is -2.57. The number of rotatable bonds is 7. The quantitative estimate of drug-likeness (QED) is 0.637. The predicted octanol–water partition coefficient (Wildman–Crippen LogP) is 0.799. The van der Waals surface area contributed by atoms with Crippen molar-refractivity contribution in [1.82, 2.24) is 10.2 Å². The van der Waals surface area contributed by atoms with Crippen LogP contribution in [0.3, 0.4) is 0 Å². The van der Waals surface area contributed by atoms with E-state index in [-0.39, 0.29) is 0 Å². The lowest BCUT2D eigenvalue weighted by atomic mass is 9.77. The van der Waals surface area contributed by atoms with E-state index in [0.717, 1.165) is 32.7 Å². The van der Waals surface area contributed by atoms with Gasteiger partial charge in [-0.05, 0) is 32.4 Å². The fourth-order valence-corrected chi connectivity index (χ4v) is 2.08. The number of hydrogen-bond donors (Lipinski definition) is 2. The molecule has 0 spiro atoms. The molecule has 3 heteroatoms. The highest BCUT2D eigenvalue weighted by atomic mass is 15.1. The summed E-state index contributed by atoms with van der Waals surface area (Å²) in [6.45, 7) is 9.75. The van der Waals surface area contributed by atoms with Crippen molar-refractivity contribution < 1.29 is 0 Å². The topological polar surface area (TPSA) is 41.3 Å². The number of hydrogen-bond acceptors (Lipinski definition) is 3. The predicted molar refractivity (Wildman–Crippen MR) is 61.4 cm³/mol. The molecule has 0 aliphatic heterocycles. The van der Waals surface area contributed by atoms with Crippen molar-refractivity contribution in [1.29, 1.82) is 0 Å². The molecule has 1 fully saturated rings. The molecule has 0 heterocycles. The Morgan fingerprint density at radius 3 is 2.29 bits per heavy atom. The molecule has 14 heavy (non-hydrogen) atoms. The van der Waals surface area contributed by atoms with Crippen LogP contribution >= 0.6 is 0 Å². The van der Waals surface area contributed by atoms with Gasteiger partial charge in [0.1, 0.15) is 0 Å². The molecule has 0 aromatic heterocycles. The highest BCUT2D eigenvalue weighted by Gasteiger charge is 2.34. The van der Waals surface area contributed by atoms with Gasteiger partial charge < -0.3 is 16.0 Å². The van der Waals surface area contributed by atoms with E-state index in [0.29, 0.717) is 5.54 Å². The normalized spacial score (nSPS) is 19.7. The molecule has 3 nitrogen and oxygen atoms in total. The van der Waals surface area contributed by atoms with Crippen molar-refractivity contribution in [3.05, 3.63) is 0 Å².